The van der Waals surface area contributed by atoms with Crippen LogP contribution in [0, 0.1) is 25.7 Å². The molecular formula is C65H59NO16. The van der Waals surface area contributed by atoms with E-state index in [2.05, 4.69) is 16.8 Å². The highest BCUT2D eigenvalue weighted by Crippen LogP contribution is 2.34. The summed E-state index contributed by atoms with van der Waals surface area (Å²) in [5.74, 6) is 5.71. The van der Waals surface area contributed by atoms with Gasteiger partial charge in [-0.1, -0.05) is 36.1 Å². The number of Topliss-reactive ketones (excluding diaryl/α,β-unsaturated/α-hetero) is 1. The van der Waals surface area contributed by atoms with Crippen molar-refractivity contribution in [1.82, 2.24) is 4.98 Å². The van der Waals surface area contributed by atoms with E-state index in [4.69, 9.17) is 23.7 Å². The summed E-state index contributed by atoms with van der Waals surface area (Å²) in [4.78, 5) is 55.0. The Bertz CT molecular complexity index is 3530. The normalized spacial score (nSPS) is 10.6. The lowest BCUT2D eigenvalue weighted by Crippen LogP contribution is -2.13. The van der Waals surface area contributed by atoms with Gasteiger partial charge < -0.3 is 59.4 Å². The number of pyridine rings is 1. The maximum Gasteiger partial charge on any atom is 0.344 e. The molecule has 0 radical (unpaired) electrons. The molecule has 17 nitrogen and oxygen atoms in total. The predicted octanol–water partition coefficient (Wildman–Crippen LogP) is 8.00. The monoisotopic (exact) mass is 1110 g/mol. The van der Waals surface area contributed by atoms with E-state index in [1.165, 1.54) is 50.6 Å². The standard InChI is InChI=1S/C34H34O10.C31H25NO6/c1-19-9-25(43-33(39)29-12-22(16-36)21(15-35)11-23(29)17-37)5-7-27(19)28-8-6-26(10-20(28)2)44-34(40)30-14-32(42-4)31(41-3)13-24(30)18-38;33-18-25-16-27(20-35)29(17-26(25)19-34)31(37)38-28-9-7-22(8-10-28)2-1-21-3-5-23(6-4-21)15-30(36)24-11-13-32-14-12-24/h5-14,35-38H,15-18H2,1-4H3;3-14,16-17,33-35H,15,18-20H2. The number of esters is 3. The first-order valence-electron chi connectivity index (χ1n) is 25.5. The number of carbonyl (C=O) groups excluding carboxylic acids is 4. The summed E-state index contributed by atoms with van der Waals surface area (Å²) >= 11 is 0. The average Bonchev–Trinajstić information content (AvgIpc) is 3.71. The van der Waals surface area contributed by atoms with Crippen LogP contribution in [-0.4, -0.2) is 78.6 Å². The Morgan fingerprint density at radius 3 is 1.20 bits per heavy atom. The van der Waals surface area contributed by atoms with Gasteiger partial charge in [-0.15, -0.1) is 0 Å². The zero-order valence-electron chi connectivity index (χ0n) is 45.3. The van der Waals surface area contributed by atoms with Gasteiger partial charge in [-0.05, 0) is 190 Å². The van der Waals surface area contributed by atoms with Crippen LogP contribution in [0.15, 0.2) is 146 Å². The zero-order chi connectivity index (χ0) is 58.9. The van der Waals surface area contributed by atoms with Crippen molar-refractivity contribution in [2.24, 2.45) is 0 Å². The third kappa shape index (κ3) is 14.9. The maximum absolute atomic E-state index is 13.0. The minimum atomic E-state index is -0.707. The maximum atomic E-state index is 13.0. The minimum Gasteiger partial charge on any atom is -0.493 e. The van der Waals surface area contributed by atoms with E-state index in [9.17, 15) is 54.9 Å². The lowest BCUT2D eigenvalue weighted by molar-refractivity contribution is 0.0721. The SMILES string of the molecule is COc1cc(CO)c(C(=O)Oc2ccc(-c3ccc(OC(=O)c4cc(CO)c(CO)cc4CO)cc3C)c(C)c2)cc1OC.O=C(Cc1ccc(C#Cc2ccc(OC(=O)c3cc(CO)c(CO)cc3CO)cc2)cc1)c1ccncc1. The summed E-state index contributed by atoms with van der Waals surface area (Å²) in [6.45, 7) is 1.08. The molecule has 82 heavy (non-hydrogen) atoms. The number of aryl methyl sites for hydroxylation is 2. The summed E-state index contributed by atoms with van der Waals surface area (Å²) in [6, 6.07) is 36.7. The van der Waals surface area contributed by atoms with Gasteiger partial charge in [-0.25, -0.2) is 14.4 Å². The fourth-order valence-corrected chi connectivity index (χ4v) is 8.72. The lowest BCUT2D eigenvalue weighted by atomic mass is 9.96. The molecule has 0 fully saturated rings. The molecule has 0 aliphatic heterocycles. The molecule has 0 unspecified atom stereocenters. The minimum absolute atomic E-state index is 0.0237. The first-order chi connectivity index (χ1) is 39.7. The fraction of sp³-hybridized carbons (Fsp3) is 0.185. The van der Waals surface area contributed by atoms with Gasteiger partial charge in [0.05, 0.1) is 77.2 Å². The van der Waals surface area contributed by atoms with Crippen LogP contribution in [0.4, 0.5) is 0 Å². The molecule has 0 amide bonds. The number of hydrogen-bond donors (Lipinski definition) is 7. The van der Waals surface area contributed by atoms with Gasteiger partial charge in [0.25, 0.3) is 0 Å². The first-order valence-corrected chi connectivity index (χ1v) is 25.5. The van der Waals surface area contributed by atoms with Gasteiger partial charge in [0.15, 0.2) is 17.3 Å². The smallest absolute Gasteiger partial charge is 0.344 e. The van der Waals surface area contributed by atoms with Crippen LogP contribution in [-0.2, 0) is 52.7 Å². The van der Waals surface area contributed by atoms with E-state index in [1.807, 2.05) is 50.2 Å². The summed E-state index contributed by atoms with van der Waals surface area (Å²) in [5, 5.41) is 67.2. The number of ether oxygens (including phenoxy) is 5. The Morgan fingerprint density at radius 1 is 0.415 bits per heavy atom. The van der Waals surface area contributed by atoms with E-state index in [0.717, 1.165) is 33.4 Å². The van der Waals surface area contributed by atoms with Crippen LogP contribution in [0.2, 0.25) is 0 Å². The van der Waals surface area contributed by atoms with Crippen LogP contribution in [0.25, 0.3) is 11.1 Å². The molecule has 0 saturated carbocycles. The Balaban J connectivity index is 0.000000239. The summed E-state index contributed by atoms with van der Waals surface area (Å²) in [6.07, 6.45) is 3.49. The Labute approximate surface area is 472 Å². The third-order valence-electron chi connectivity index (χ3n) is 13.2. The van der Waals surface area contributed by atoms with Crippen LogP contribution < -0.4 is 23.7 Å². The number of methoxy groups -OCH3 is 2. The molecule has 420 valence electrons. The van der Waals surface area contributed by atoms with E-state index < -0.39 is 37.7 Å². The van der Waals surface area contributed by atoms with E-state index >= 15 is 0 Å². The van der Waals surface area contributed by atoms with Crippen LogP contribution in [0.1, 0.15) is 108 Å². The van der Waals surface area contributed by atoms with Crippen molar-refractivity contribution < 1.29 is 78.6 Å². The van der Waals surface area contributed by atoms with Gasteiger partial charge in [0.2, 0.25) is 0 Å². The van der Waals surface area contributed by atoms with Crippen molar-refractivity contribution in [3.05, 3.63) is 235 Å². The second-order valence-corrected chi connectivity index (χ2v) is 18.5. The summed E-state index contributed by atoms with van der Waals surface area (Å²) in [7, 11) is 2.91. The molecule has 7 N–H and O–H groups in total. The highest BCUT2D eigenvalue weighted by molar-refractivity contribution is 5.97. The van der Waals surface area contributed by atoms with E-state index in [0.29, 0.717) is 73.9 Å². The van der Waals surface area contributed by atoms with Crippen molar-refractivity contribution in [3.8, 4) is 51.7 Å². The predicted molar refractivity (Wildman–Crippen MR) is 301 cm³/mol. The fourth-order valence-electron chi connectivity index (χ4n) is 8.72. The van der Waals surface area contributed by atoms with Crippen molar-refractivity contribution in [2.75, 3.05) is 14.2 Å². The molecule has 0 aliphatic rings. The average molecular weight is 1110 g/mol. The second-order valence-electron chi connectivity index (χ2n) is 18.5. The first kappa shape index (κ1) is 60.3. The van der Waals surface area contributed by atoms with E-state index in [1.54, 1.807) is 73.1 Å². The number of hydrogen-bond acceptors (Lipinski definition) is 17. The quantitative estimate of drug-likeness (QED) is 0.0175. The van der Waals surface area contributed by atoms with Crippen LogP contribution in [0.3, 0.4) is 0 Å². The highest BCUT2D eigenvalue weighted by atomic mass is 16.5. The summed E-state index contributed by atoms with van der Waals surface area (Å²) in [5.41, 5.74) is 9.28. The van der Waals surface area contributed by atoms with Crippen LogP contribution >= 0.6 is 0 Å². The molecule has 0 saturated heterocycles. The highest BCUT2D eigenvalue weighted by Gasteiger charge is 2.22. The molecule has 8 rings (SSSR count). The van der Waals surface area contributed by atoms with Gasteiger partial charge in [0.1, 0.15) is 17.2 Å². The summed E-state index contributed by atoms with van der Waals surface area (Å²) < 4.78 is 27.2. The topological polar surface area (TPSA) is 269 Å². The van der Waals surface area contributed by atoms with Gasteiger partial charge in [0, 0.05) is 35.5 Å². The number of nitrogens with zero attached hydrogens (tertiary/aromatic N) is 1. The molecule has 0 aliphatic carbocycles. The van der Waals surface area contributed by atoms with Gasteiger partial charge >= 0.3 is 17.9 Å². The molecule has 8 aromatic rings. The van der Waals surface area contributed by atoms with E-state index in [-0.39, 0.29) is 60.2 Å². The number of carbonyl (C=O) groups is 4. The number of benzene rings is 7. The molecule has 0 spiro atoms. The number of aliphatic hydroxyl groups is 7. The Morgan fingerprint density at radius 2 is 0.780 bits per heavy atom. The number of aromatic nitrogens is 1. The Hall–Kier alpha value is -9.35. The lowest BCUT2D eigenvalue weighted by Gasteiger charge is -2.15. The van der Waals surface area contributed by atoms with Gasteiger partial charge in [-0.2, -0.15) is 0 Å². The molecule has 7 aromatic carbocycles. The zero-order valence-corrected chi connectivity index (χ0v) is 45.3. The van der Waals surface area contributed by atoms with Crippen molar-refractivity contribution in [1.29, 1.82) is 0 Å². The largest absolute Gasteiger partial charge is 0.493 e. The number of rotatable bonds is 19. The van der Waals surface area contributed by atoms with Crippen molar-refractivity contribution in [2.45, 2.75) is 66.5 Å². The Kier molecular flexibility index (Phi) is 21.1. The molecular weight excluding hydrogens is 1050 g/mol. The second kappa shape index (κ2) is 28.7. The van der Waals surface area contributed by atoms with Crippen molar-refractivity contribution in [3.63, 3.8) is 0 Å². The molecule has 0 atom stereocenters. The molecule has 1 aromatic heterocycles. The third-order valence-corrected chi connectivity index (χ3v) is 13.2. The number of aliphatic hydroxyl groups excluding tert-OH is 7. The van der Waals surface area contributed by atoms with Crippen molar-refractivity contribution >= 4 is 23.7 Å². The molecule has 1 heterocycles. The van der Waals surface area contributed by atoms with Crippen LogP contribution in [0.5, 0.6) is 28.7 Å². The number of ketones is 1. The van der Waals surface area contributed by atoms with Gasteiger partial charge in [-0.3, -0.25) is 9.78 Å². The molecule has 0 bridgehead atoms. The molecule has 17 heteroatoms.